The molecule has 1 heterocycles. The molecule has 0 aliphatic heterocycles. The average molecular weight is 273 g/mol. The third-order valence-corrected chi connectivity index (χ3v) is 3.84. The third-order valence-electron chi connectivity index (χ3n) is 3.84. The van der Waals surface area contributed by atoms with E-state index >= 15 is 0 Å². The number of hydrogen-bond donors (Lipinski definition) is 1. The van der Waals surface area contributed by atoms with Crippen molar-refractivity contribution in [1.29, 1.82) is 5.26 Å². The molecule has 2 rings (SSSR count). The van der Waals surface area contributed by atoms with Gasteiger partial charge in [0.2, 0.25) is 5.91 Å². The van der Waals surface area contributed by atoms with Gasteiger partial charge >= 0.3 is 0 Å². The first kappa shape index (κ1) is 14.3. The van der Waals surface area contributed by atoms with Crippen molar-refractivity contribution in [1.82, 2.24) is 9.88 Å². The van der Waals surface area contributed by atoms with Crippen molar-refractivity contribution < 1.29 is 4.79 Å². The van der Waals surface area contributed by atoms with E-state index in [1.165, 1.54) is 4.57 Å². The van der Waals surface area contributed by atoms with E-state index in [-0.39, 0.29) is 29.6 Å². The molecule has 1 saturated carbocycles. The van der Waals surface area contributed by atoms with Gasteiger partial charge in [0.1, 0.15) is 18.2 Å². The molecule has 106 valence electrons. The fraction of sp³-hybridized carbons (Fsp3) is 0.533. The lowest BCUT2D eigenvalue weighted by molar-refractivity contribution is -0.122. The zero-order valence-electron chi connectivity index (χ0n) is 11.9. The van der Waals surface area contributed by atoms with E-state index in [9.17, 15) is 9.59 Å². The Bertz CT molecular complexity index is 619. The molecule has 1 amide bonds. The summed E-state index contributed by atoms with van der Waals surface area (Å²) in [5, 5.41) is 12.0. The molecule has 1 aliphatic rings. The van der Waals surface area contributed by atoms with Crippen molar-refractivity contribution in [3.63, 3.8) is 0 Å². The van der Waals surface area contributed by atoms with E-state index in [0.29, 0.717) is 11.3 Å². The number of aromatic nitrogens is 1. The summed E-state index contributed by atoms with van der Waals surface area (Å²) in [5.41, 5.74) is 1.09. The van der Waals surface area contributed by atoms with Gasteiger partial charge < -0.3 is 9.88 Å². The van der Waals surface area contributed by atoms with Gasteiger partial charge in [0.25, 0.3) is 5.56 Å². The van der Waals surface area contributed by atoms with E-state index in [1.54, 1.807) is 19.9 Å². The van der Waals surface area contributed by atoms with Crippen LogP contribution in [-0.2, 0) is 11.3 Å². The Morgan fingerprint density at radius 1 is 1.45 bits per heavy atom. The highest BCUT2D eigenvalue weighted by atomic mass is 16.2. The van der Waals surface area contributed by atoms with Gasteiger partial charge in [-0.15, -0.1) is 0 Å². The van der Waals surface area contributed by atoms with Crippen LogP contribution in [0.3, 0.4) is 0 Å². The van der Waals surface area contributed by atoms with Crippen molar-refractivity contribution in [2.75, 3.05) is 0 Å². The number of rotatable bonds is 3. The maximum atomic E-state index is 12.2. The Kier molecular flexibility index (Phi) is 4.23. The summed E-state index contributed by atoms with van der Waals surface area (Å²) in [7, 11) is 0. The second-order valence-corrected chi connectivity index (χ2v) is 5.40. The standard InChI is InChI=1S/C15H19N3O2/c1-10-7-11(2)18(15(20)13(10)8-16)9-14(19)17-12-5-3-4-6-12/h7,12H,3-6,9H2,1-2H3,(H,17,19). The number of nitriles is 1. The minimum Gasteiger partial charge on any atom is -0.352 e. The van der Waals surface area contributed by atoms with Gasteiger partial charge in [0.05, 0.1) is 0 Å². The van der Waals surface area contributed by atoms with Gasteiger partial charge in [0.15, 0.2) is 0 Å². The predicted molar refractivity (Wildman–Crippen MR) is 75.3 cm³/mol. The summed E-state index contributed by atoms with van der Waals surface area (Å²) in [5.74, 6) is -0.158. The van der Waals surface area contributed by atoms with Gasteiger partial charge in [0, 0.05) is 11.7 Å². The van der Waals surface area contributed by atoms with Crippen LogP contribution < -0.4 is 10.9 Å². The molecule has 1 aliphatic carbocycles. The predicted octanol–water partition coefficient (Wildman–Crippen LogP) is 1.40. The molecule has 5 nitrogen and oxygen atoms in total. The van der Waals surface area contributed by atoms with Crippen LogP contribution in [0.15, 0.2) is 10.9 Å². The van der Waals surface area contributed by atoms with Crippen molar-refractivity contribution in [3.05, 3.63) is 33.2 Å². The summed E-state index contributed by atoms with van der Waals surface area (Å²) in [6, 6.07) is 3.91. The van der Waals surface area contributed by atoms with E-state index in [2.05, 4.69) is 5.32 Å². The number of nitrogens with one attached hydrogen (secondary N) is 1. The van der Waals surface area contributed by atoms with Gasteiger partial charge in [-0.1, -0.05) is 12.8 Å². The van der Waals surface area contributed by atoms with E-state index in [0.717, 1.165) is 25.7 Å². The zero-order chi connectivity index (χ0) is 14.7. The lowest BCUT2D eigenvalue weighted by Crippen LogP contribution is -2.38. The summed E-state index contributed by atoms with van der Waals surface area (Å²) >= 11 is 0. The molecule has 0 aromatic carbocycles. The minimum absolute atomic E-state index is 0.0177. The molecule has 0 bridgehead atoms. The Labute approximate surface area is 118 Å². The fourth-order valence-electron chi connectivity index (χ4n) is 2.75. The summed E-state index contributed by atoms with van der Waals surface area (Å²) in [6.45, 7) is 3.49. The number of pyridine rings is 1. The first-order chi connectivity index (χ1) is 9.52. The van der Waals surface area contributed by atoms with Gasteiger partial charge in [-0.2, -0.15) is 5.26 Å². The lowest BCUT2D eigenvalue weighted by atomic mass is 10.1. The van der Waals surface area contributed by atoms with Crippen LogP contribution in [0.2, 0.25) is 0 Å². The molecule has 0 radical (unpaired) electrons. The Morgan fingerprint density at radius 2 is 2.10 bits per heavy atom. The number of carbonyl (C=O) groups excluding carboxylic acids is 1. The van der Waals surface area contributed by atoms with Gasteiger partial charge in [-0.05, 0) is 38.3 Å². The van der Waals surface area contributed by atoms with Crippen LogP contribution >= 0.6 is 0 Å². The van der Waals surface area contributed by atoms with E-state index in [4.69, 9.17) is 5.26 Å². The van der Waals surface area contributed by atoms with Crippen molar-refractivity contribution in [2.24, 2.45) is 0 Å². The molecule has 0 spiro atoms. The van der Waals surface area contributed by atoms with E-state index < -0.39 is 0 Å². The normalized spacial score (nSPS) is 15.1. The monoisotopic (exact) mass is 273 g/mol. The largest absolute Gasteiger partial charge is 0.352 e. The fourth-order valence-corrected chi connectivity index (χ4v) is 2.75. The lowest BCUT2D eigenvalue weighted by Gasteiger charge is -2.15. The summed E-state index contributed by atoms with van der Waals surface area (Å²) in [6.07, 6.45) is 4.31. The number of carbonyl (C=O) groups is 1. The smallest absolute Gasteiger partial charge is 0.269 e. The summed E-state index contributed by atoms with van der Waals surface area (Å²) < 4.78 is 1.37. The van der Waals surface area contributed by atoms with Crippen LogP contribution in [0.1, 0.15) is 42.5 Å². The first-order valence-corrected chi connectivity index (χ1v) is 6.93. The second-order valence-electron chi connectivity index (χ2n) is 5.40. The quantitative estimate of drug-likeness (QED) is 0.904. The second kappa shape index (κ2) is 5.91. The number of aryl methyl sites for hydroxylation is 2. The van der Waals surface area contributed by atoms with Crippen LogP contribution in [0.4, 0.5) is 0 Å². The molecular formula is C15H19N3O2. The molecule has 0 atom stereocenters. The minimum atomic E-state index is -0.383. The van der Waals surface area contributed by atoms with Crippen molar-refractivity contribution in [2.45, 2.75) is 52.1 Å². The molecule has 20 heavy (non-hydrogen) atoms. The van der Waals surface area contributed by atoms with Crippen LogP contribution in [0.5, 0.6) is 0 Å². The summed E-state index contributed by atoms with van der Waals surface area (Å²) in [4.78, 5) is 24.2. The molecular weight excluding hydrogens is 254 g/mol. The van der Waals surface area contributed by atoms with Crippen LogP contribution in [0.25, 0.3) is 0 Å². The molecule has 5 heteroatoms. The molecule has 1 N–H and O–H groups in total. The van der Waals surface area contributed by atoms with Crippen molar-refractivity contribution in [3.8, 4) is 6.07 Å². The van der Waals surface area contributed by atoms with Crippen LogP contribution in [0, 0.1) is 25.2 Å². The highest BCUT2D eigenvalue weighted by Crippen LogP contribution is 2.17. The van der Waals surface area contributed by atoms with Gasteiger partial charge in [-0.25, -0.2) is 0 Å². The Balaban J connectivity index is 2.19. The van der Waals surface area contributed by atoms with E-state index in [1.807, 2.05) is 6.07 Å². The highest BCUT2D eigenvalue weighted by Gasteiger charge is 2.18. The molecule has 1 aromatic heterocycles. The molecule has 1 fully saturated rings. The third kappa shape index (κ3) is 2.90. The average Bonchev–Trinajstić information content (AvgIpc) is 2.87. The Hall–Kier alpha value is -2.09. The highest BCUT2D eigenvalue weighted by molar-refractivity contribution is 5.76. The SMILES string of the molecule is Cc1cc(C)n(CC(=O)NC2CCCC2)c(=O)c1C#N. The number of hydrogen-bond acceptors (Lipinski definition) is 3. The Morgan fingerprint density at radius 3 is 2.70 bits per heavy atom. The van der Waals surface area contributed by atoms with Gasteiger partial charge in [-0.3, -0.25) is 9.59 Å². The zero-order valence-corrected chi connectivity index (χ0v) is 11.9. The first-order valence-electron chi connectivity index (χ1n) is 6.93. The molecule has 0 saturated heterocycles. The topological polar surface area (TPSA) is 74.9 Å². The maximum Gasteiger partial charge on any atom is 0.269 e. The van der Waals surface area contributed by atoms with Crippen LogP contribution in [-0.4, -0.2) is 16.5 Å². The maximum absolute atomic E-state index is 12.2. The number of amides is 1. The molecule has 1 aromatic rings. The van der Waals surface area contributed by atoms with Crippen molar-refractivity contribution >= 4 is 5.91 Å². The molecule has 0 unspecified atom stereocenters. The number of nitrogens with zero attached hydrogens (tertiary/aromatic N) is 2.